The summed E-state index contributed by atoms with van der Waals surface area (Å²) in [6.07, 6.45) is 1.55. The van der Waals surface area contributed by atoms with Gasteiger partial charge < -0.3 is 19.5 Å². The van der Waals surface area contributed by atoms with Crippen LogP contribution in [0.5, 0.6) is 11.5 Å². The van der Waals surface area contributed by atoms with Gasteiger partial charge in [0.2, 0.25) is 0 Å². The first-order valence-corrected chi connectivity index (χ1v) is 7.57. The predicted octanol–water partition coefficient (Wildman–Crippen LogP) is 2.42. The molecule has 0 saturated carbocycles. The van der Waals surface area contributed by atoms with E-state index >= 15 is 0 Å². The summed E-state index contributed by atoms with van der Waals surface area (Å²) in [4.78, 5) is 26.1. The van der Waals surface area contributed by atoms with Gasteiger partial charge in [-0.05, 0) is 30.4 Å². The minimum Gasteiger partial charge on any atom is -0.497 e. The Morgan fingerprint density at radius 2 is 1.96 bits per heavy atom. The van der Waals surface area contributed by atoms with E-state index < -0.39 is 17.4 Å². The zero-order valence-electron chi connectivity index (χ0n) is 14.0. The lowest BCUT2D eigenvalue weighted by Gasteiger charge is -2.44. The molecule has 1 fully saturated rings. The molecule has 1 heterocycles. The van der Waals surface area contributed by atoms with E-state index in [4.69, 9.17) is 9.47 Å². The highest BCUT2D eigenvalue weighted by Crippen LogP contribution is 2.37. The fourth-order valence-electron chi connectivity index (χ4n) is 3.21. The van der Waals surface area contributed by atoms with Crippen LogP contribution >= 0.6 is 0 Å². The van der Waals surface area contributed by atoms with E-state index in [1.54, 1.807) is 18.2 Å². The number of carbonyl (C=O) groups is 2. The number of rotatable bonds is 4. The van der Waals surface area contributed by atoms with E-state index in [0.717, 1.165) is 12.8 Å². The second kappa shape index (κ2) is 6.48. The van der Waals surface area contributed by atoms with Gasteiger partial charge in [-0.15, -0.1) is 0 Å². The number of amides is 1. The number of nitrogens with zero attached hydrogens (tertiary/aromatic N) is 1. The number of carbonyl (C=O) groups excluding carboxylic acids is 1. The first-order valence-electron chi connectivity index (χ1n) is 7.57. The third-order valence-corrected chi connectivity index (χ3v) is 4.41. The molecule has 0 aliphatic carbocycles. The van der Waals surface area contributed by atoms with Crippen LogP contribution in [0.25, 0.3) is 0 Å². The minimum atomic E-state index is -0.976. The van der Waals surface area contributed by atoms with Crippen molar-refractivity contribution in [2.45, 2.75) is 32.7 Å². The van der Waals surface area contributed by atoms with Gasteiger partial charge in [-0.1, -0.05) is 13.8 Å². The quantitative estimate of drug-likeness (QED) is 0.921. The molecule has 0 unspecified atom stereocenters. The van der Waals surface area contributed by atoms with Crippen molar-refractivity contribution < 1.29 is 24.2 Å². The third-order valence-electron chi connectivity index (χ3n) is 4.41. The molecule has 23 heavy (non-hydrogen) atoms. The van der Waals surface area contributed by atoms with E-state index in [9.17, 15) is 14.7 Å². The molecule has 0 spiro atoms. The van der Waals surface area contributed by atoms with Crippen molar-refractivity contribution in [2.75, 3.05) is 20.8 Å². The molecule has 1 N–H and O–H groups in total. The monoisotopic (exact) mass is 321 g/mol. The number of ether oxygens (including phenoxy) is 2. The summed E-state index contributed by atoms with van der Waals surface area (Å²) in [5.41, 5.74) is -0.128. The van der Waals surface area contributed by atoms with Crippen LogP contribution in [0.1, 0.15) is 37.0 Å². The second-order valence-corrected chi connectivity index (χ2v) is 6.40. The van der Waals surface area contributed by atoms with Crippen LogP contribution in [0.4, 0.5) is 0 Å². The van der Waals surface area contributed by atoms with E-state index in [1.807, 2.05) is 13.8 Å². The number of carboxylic acid groups (broad SMARTS) is 1. The molecule has 2 rings (SSSR count). The zero-order valence-corrected chi connectivity index (χ0v) is 14.0. The number of carboxylic acids is 1. The number of aliphatic carboxylic acids is 1. The van der Waals surface area contributed by atoms with Gasteiger partial charge in [0.05, 0.1) is 19.8 Å². The van der Waals surface area contributed by atoms with Crippen LogP contribution in [-0.4, -0.2) is 48.7 Å². The standard InChI is InChI=1S/C17H23NO5/c1-17(2)8-5-9-18(14(17)16(20)21)15(19)12-7-6-11(22-3)10-13(12)23-4/h6-7,10,14H,5,8-9H2,1-4H3,(H,20,21)/t14-/m1/s1. The highest BCUT2D eigenvalue weighted by molar-refractivity contribution is 5.99. The Morgan fingerprint density at radius 3 is 2.52 bits per heavy atom. The fourth-order valence-corrected chi connectivity index (χ4v) is 3.21. The molecule has 1 aromatic carbocycles. The summed E-state index contributed by atoms with van der Waals surface area (Å²) < 4.78 is 10.4. The Kier molecular flexibility index (Phi) is 4.82. The number of piperidine rings is 1. The number of methoxy groups -OCH3 is 2. The molecular weight excluding hydrogens is 298 g/mol. The summed E-state index contributed by atoms with van der Waals surface area (Å²) in [5, 5.41) is 9.60. The van der Waals surface area contributed by atoms with Gasteiger partial charge in [0.15, 0.2) is 0 Å². The molecule has 1 aliphatic rings. The molecule has 0 bridgehead atoms. The summed E-state index contributed by atoms with van der Waals surface area (Å²) in [6.45, 7) is 4.20. The summed E-state index contributed by atoms with van der Waals surface area (Å²) >= 11 is 0. The Bertz CT molecular complexity index is 611. The molecule has 126 valence electrons. The molecule has 0 aromatic heterocycles. The number of hydrogen-bond donors (Lipinski definition) is 1. The minimum absolute atomic E-state index is 0.329. The maximum absolute atomic E-state index is 12.9. The molecule has 1 aromatic rings. The van der Waals surface area contributed by atoms with Gasteiger partial charge in [-0.3, -0.25) is 4.79 Å². The Balaban J connectivity index is 2.40. The van der Waals surface area contributed by atoms with Gasteiger partial charge in [-0.25, -0.2) is 4.79 Å². The lowest BCUT2D eigenvalue weighted by Crippen LogP contribution is -2.56. The molecular formula is C17H23NO5. The maximum Gasteiger partial charge on any atom is 0.326 e. The molecule has 1 saturated heterocycles. The van der Waals surface area contributed by atoms with Crippen molar-refractivity contribution >= 4 is 11.9 Å². The van der Waals surface area contributed by atoms with E-state index in [0.29, 0.717) is 23.6 Å². The van der Waals surface area contributed by atoms with Crippen LogP contribution in [0.15, 0.2) is 18.2 Å². The van der Waals surface area contributed by atoms with E-state index in [-0.39, 0.29) is 5.91 Å². The predicted molar refractivity (Wildman–Crippen MR) is 85.0 cm³/mol. The van der Waals surface area contributed by atoms with Gasteiger partial charge in [-0.2, -0.15) is 0 Å². The maximum atomic E-state index is 12.9. The van der Waals surface area contributed by atoms with Crippen molar-refractivity contribution in [3.8, 4) is 11.5 Å². The van der Waals surface area contributed by atoms with Gasteiger partial charge in [0.1, 0.15) is 17.5 Å². The second-order valence-electron chi connectivity index (χ2n) is 6.40. The first kappa shape index (κ1) is 17.1. The van der Waals surface area contributed by atoms with Crippen molar-refractivity contribution in [3.05, 3.63) is 23.8 Å². The largest absolute Gasteiger partial charge is 0.497 e. The van der Waals surface area contributed by atoms with Crippen molar-refractivity contribution in [3.63, 3.8) is 0 Å². The van der Waals surface area contributed by atoms with Crippen LogP contribution in [0.2, 0.25) is 0 Å². The van der Waals surface area contributed by atoms with Crippen LogP contribution < -0.4 is 9.47 Å². The zero-order chi connectivity index (χ0) is 17.2. The van der Waals surface area contributed by atoms with Gasteiger partial charge in [0, 0.05) is 12.6 Å². The van der Waals surface area contributed by atoms with Crippen LogP contribution in [0, 0.1) is 5.41 Å². The van der Waals surface area contributed by atoms with Crippen molar-refractivity contribution in [1.29, 1.82) is 0 Å². The highest BCUT2D eigenvalue weighted by atomic mass is 16.5. The highest BCUT2D eigenvalue weighted by Gasteiger charge is 2.45. The summed E-state index contributed by atoms with van der Waals surface area (Å²) in [5.74, 6) is -0.353. The number of likely N-dealkylation sites (tertiary alicyclic amines) is 1. The van der Waals surface area contributed by atoms with Crippen LogP contribution in [-0.2, 0) is 4.79 Å². The first-order chi connectivity index (χ1) is 10.8. The van der Waals surface area contributed by atoms with E-state index in [1.165, 1.54) is 19.1 Å². The lowest BCUT2D eigenvalue weighted by molar-refractivity contribution is -0.148. The molecule has 1 aliphatic heterocycles. The number of benzene rings is 1. The van der Waals surface area contributed by atoms with Crippen molar-refractivity contribution in [2.24, 2.45) is 5.41 Å². The van der Waals surface area contributed by atoms with Gasteiger partial charge in [0.25, 0.3) is 5.91 Å². The average Bonchev–Trinajstić information content (AvgIpc) is 2.51. The number of hydrogen-bond acceptors (Lipinski definition) is 4. The summed E-state index contributed by atoms with van der Waals surface area (Å²) in [6, 6.07) is 4.05. The molecule has 1 atom stereocenters. The average molecular weight is 321 g/mol. The van der Waals surface area contributed by atoms with Crippen LogP contribution in [0.3, 0.4) is 0 Å². The Labute approximate surface area is 136 Å². The molecule has 1 amide bonds. The fraction of sp³-hybridized carbons (Fsp3) is 0.529. The van der Waals surface area contributed by atoms with Crippen molar-refractivity contribution in [1.82, 2.24) is 4.90 Å². The smallest absolute Gasteiger partial charge is 0.326 e. The normalized spacial score (nSPS) is 20.0. The lowest BCUT2D eigenvalue weighted by atomic mass is 9.76. The third kappa shape index (κ3) is 3.25. The SMILES string of the molecule is COc1ccc(C(=O)N2CCCC(C)(C)[C@H]2C(=O)O)c(OC)c1. The van der Waals surface area contributed by atoms with Gasteiger partial charge >= 0.3 is 5.97 Å². The molecule has 6 nitrogen and oxygen atoms in total. The molecule has 0 radical (unpaired) electrons. The Morgan fingerprint density at radius 1 is 1.26 bits per heavy atom. The van der Waals surface area contributed by atoms with E-state index in [2.05, 4.69) is 0 Å². The summed E-state index contributed by atoms with van der Waals surface area (Å²) in [7, 11) is 3.00. The molecule has 6 heteroatoms. The Hall–Kier alpha value is -2.24. The topological polar surface area (TPSA) is 76.1 Å².